The van der Waals surface area contributed by atoms with Gasteiger partial charge in [0.25, 0.3) is 0 Å². The summed E-state index contributed by atoms with van der Waals surface area (Å²) in [6.45, 7) is 10.3. The quantitative estimate of drug-likeness (QED) is 0.480. The van der Waals surface area contributed by atoms with Crippen LogP contribution in [0.25, 0.3) is 0 Å². The molecule has 30 heavy (non-hydrogen) atoms. The molecule has 4 rings (SSSR count). The SMILES string of the molecule is C=CN(Cc1cc2c(c(OCCCO)c1)SCC#CC2)C1CC1.CC1CCCNC1. The summed E-state index contributed by atoms with van der Waals surface area (Å²) in [6, 6.07) is 5.06. The Bertz CT molecular complexity index is 745. The van der Waals surface area contributed by atoms with Crippen LogP contribution in [0.5, 0.6) is 5.75 Å². The highest BCUT2D eigenvalue weighted by molar-refractivity contribution is 7.99. The highest BCUT2D eigenvalue weighted by Crippen LogP contribution is 2.37. The Kier molecular flexibility index (Phi) is 9.45. The van der Waals surface area contributed by atoms with Gasteiger partial charge in [-0.25, -0.2) is 0 Å². The summed E-state index contributed by atoms with van der Waals surface area (Å²) in [5.74, 6) is 9.07. The first-order valence-electron chi connectivity index (χ1n) is 11.3. The lowest BCUT2D eigenvalue weighted by molar-refractivity contribution is 0.230. The minimum atomic E-state index is 0.157. The standard InChI is InChI=1S/C19H23NO2S.C6H13N/c1-2-20(17-7-8-17)14-15-12-16-6-3-4-11-23-19(16)18(13-15)22-10-5-9-21;1-6-3-2-4-7-5-6/h2,12-13,17,21H,1,5-11,14H2;6-7H,2-5H2,1H3. The van der Waals surface area contributed by atoms with E-state index in [0.717, 1.165) is 30.4 Å². The van der Waals surface area contributed by atoms with Gasteiger partial charge < -0.3 is 20.1 Å². The molecule has 3 aliphatic rings. The molecule has 4 nitrogen and oxygen atoms in total. The molecule has 2 fully saturated rings. The van der Waals surface area contributed by atoms with Gasteiger partial charge in [0, 0.05) is 32.0 Å². The third kappa shape index (κ3) is 7.27. The van der Waals surface area contributed by atoms with E-state index >= 15 is 0 Å². The minimum absolute atomic E-state index is 0.157. The van der Waals surface area contributed by atoms with Crippen LogP contribution in [0, 0.1) is 17.8 Å². The van der Waals surface area contributed by atoms with Crippen LogP contribution in [0.15, 0.2) is 29.8 Å². The van der Waals surface area contributed by atoms with Crippen molar-refractivity contribution in [2.75, 3.05) is 32.1 Å². The molecule has 0 radical (unpaired) electrons. The van der Waals surface area contributed by atoms with E-state index in [1.54, 1.807) is 11.8 Å². The van der Waals surface area contributed by atoms with Crippen molar-refractivity contribution in [2.45, 2.75) is 62.9 Å². The number of ether oxygens (including phenoxy) is 1. The molecule has 0 bridgehead atoms. The van der Waals surface area contributed by atoms with Crippen LogP contribution in [0.1, 0.15) is 50.2 Å². The molecule has 1 saturated heterocycles. The Morgan fingerprint density at radius 3 is 2.83 bits per heavy atom. The first-order valence-corrected chi connectivity index (χ1v) is 12.3. The van der Waals surface area contributed by atoms with E-state index in [-0.39, 0.29) is 6.61 Å². The minimum Gasteiger partial charge on any atom is -0.492 e. The van der Waals surface area contributed by atoms with E-state index in [4.69, 9.17) is 9.84 Å². The first-order chi connectivity index (χ1) is 14.7. The second kappa shape index (κ2) is 12.3. The molecule has 1 aromatic carbocycles. The highest BCUT2D eigenvalue weighted by Gasteiger charge is 2.27. The fourth-order valence-corrected chi connectivity index (χ4v) is 4.66. The summed E-state index contributed by atoms with van der Waals surface area (Å²) in [5, 5.41) is 12.3. The van der Waals surface area contributed by atoms with E-state index in [1.807, 2.05) is 6.20 Å². The number of benzene rings is 1. The zero-order valence-electron chi connectivity index (χ0n) is 18.3. The lowest BCUT2D eigenvalue weighted by atomic mass is 10.0. The Balaban J connectivity index is 0.000000310. The molecule has 2 N–H and O–H groups in total. The number of hydrogen-bond acceptors (Lipinski definition) is 5. The third-order valence-corrected chi connectivity index (χ3v) is 6.64. The van der Waals surface area contributed by atoms with Gasteiger partial charge in [-0.3, -0.25) is 0 Å². The summed E-state index contributed by atoms with van der Waals surface area (Å²) in [5.41, 5.74) is 2.51. The molecule has 2 aliphatic heterocycles. The highest BCUT2D eigenvalue weighted by atomic mass is 32.2. The maximum atomic E-state index is 8.98. The van der Waals surface area contributed by atoms with E-state index in [1.165, 1.54) is 54.8 Å². The van der Waals surface area contributed by atoms with Crippen LogP contribution in [-0.2, 0) is 13.0 Å². The fourth-order valence-electron chi connectivity index (χ4n) is 3.77. The summed E-state index contributed by atoms with van der Waals surface area (Å²) in [6.07, 6.45) is 8.71. The van der Waals surface area contributed by atoms with Gasteiger partial charge in [-0.1, -0.05) is 31.4 Å². The average molecular weight is 429 g/mol. The van der Waals surface area contributed by atoms with Crippen molar-refractivity contribution < 1.29 is 9.84 Å². The van der Waals surface area contributed by atoms with E-state index in [9.17, 15) is 0 Å². The summed E-state index contributed by atoms with van der Waals surface area (Å²) in [7, 11) is 0. The first kappa shape index (κ1) is 23.1. The normalized spacial score (nSPS) is 19.9. The van der Waals surface area contributed by atoms with Crippen molar-refractivity contribution in [3.63, 3.8) is 0 Å². The van der Waals surface area contributed by atoms with Gasteiger partial charge in [0.2, 0.25) is 0 Å². The van der Waals surface area contributed by atoms with Crippen LogP contribution in [0.3, 0.4) is 0 Å². The number of nitrogens with one attached hydrogen (secondary N) is 1. The lowest BCUT2D eigenvalue weighted by Crippen LogP contribution is -2.27. The molecule has 0 aromatic heterocycles. The number of aliphatic hydroxyl groups excluding tert-OH is 1. The van der Waals surface area contributed by atoms with Gasteiger partial charge >= 0.3 is 0 Å². The maximum Gasteiger partial charge on any atom is 0.133 e. The summed E-state index contributed by atoms with van der Waals surface area (Å²) < 4.78 is 5.95. The molecular weight excluding hydrogens is 392 g/mol. The van der Waals surface area contributed by atoms with Crippen molar-refractivity contribution in [1.29, 1.82) is 0 Å². The van der Waals surface area contributed by atoms with Crippen LogP contribution in [0.2, 0.25) is 0 Å². The molecule has 1 unspecified atom stereocenters. The largest absolute Gasteiger partial charge is 0.492 e. The zero-order chi connectivity index (χ0) is 21.2. The van der Waals surface area contributed by atoms with Crippen molar-refractivity contribution >= 4 is 11.8 Å². The van der Waals surface area contributed by atoms with Crippen LogP contribution >= 0.6 is 11.8 Å². The number of piperidine rings is 1. The fraction of sp³-hybridized carbons (Fsp3) is 0.600. The van der Waals surface area contributed by atoms with E-state index in [0.29, 0.717) is 19.1 Å². The van der Waals surface area contributed by atoms with Gasteiger partial charge in [-0.15, -0.1) is 11.8 Å². The van der Waals surface area contributed by atoms with Gasteiger partial charge in [0.1, 0.15) is 5.75 Å². The maximum absolute atomic E-state index is 8.98. The van der Waals surface area contributed by atoms with E-state index < -0.39 is 0 Å². The number of hydrogen-bond donors (Lipinski definition) is 2. The van der Waals surface area contributed by atoms with Gasteiger partial charge in [-0.2, -0.15) is 0 Å². The molecule has 5 heteroatoms. The summed E-state index contributed by atoms with van der Waals surface area (Å²) in [4.78, 5) is 3.51. The molecule has 1 saturated carbocycles. The smallest absolute Gasteiger partial charge is 0.133 e. The predicted molar refractivity (Wildman–Crippen MR) is 126 cm³/mol. The topological polar surface area (TPSA) is 44.7 Å². The molecule has 1 aliphatic carbocycles. The molecule has 164 valence electrons. The molecule has 2 heterocycles. The van der Waals surface area contributed by atoms with Gasteiger partial charge in [0.05, 0.1) is 17.3 Å². The zero-order valence-corrected chi connectivity index (χ0v) is 19.1. The number of aliphatic hydroxyl groups is 1. The second-order valence-electron chi connectivity index (χ2n) is 8.36. The Labute approximate surface area is 186 Å². The molecular formula is C25H36N2O2S. The van der Waals surface area contributed by atoms with Crippen LogP contribution in [0.4, 0.5) is 0 Å². The molecule has 0 amide bonds. The number of thioether (sulfide) groups is 1. The average Bonchev–Trinajstić information content (AvgIpc) is 3.60. The predicted octanol–water partition coefficient (Wildman–Crippen LogP) is 4.21. The number of rotatable bonds is 8. The summed E-state index contributed by atoms with van der Waals surface area (Å²) >= 11 is 1.75. The van der Waals surface area contributed by atoms with Crippen molar-refractivity contribution in [2.24, 2.45) is 5.92 Å². The number of fused-ring (bicyclic) bond motifs is 1. The number of nitrogens with zero attached hydrogens (tertiary/aromatic N) is 1. The molecule has 0 spiro atoms. The Morgan fingerprint density at radius 1 is 1.33 bits per heavy atom. The van der Waals surface area contributed by atoms with Gasteiger partial charge in [0.15, 0.2) is 0 Å². The van der Waals surface area contributed by atoms with Crippen molar-refractivity contribution in [3.05, 3.63) is 36.0 Å². The van der Waals surface area contributed by atoms with Crippen LogP contribution < -0.4 is 10.1 Å². The second-order valence-corrected chi connectivity index (χ2v) is 9.35. The molecule has 1 atom stereocenters. The van der Waals surface area contributed by atoms with Crippen LogP contribution in [-0.4, -0.2) is 48.1 Å². The Hall–Kier alpha value is -1.61. The lowest BCUT2D eigenvalue weighted by Gasteiger charge is -2.21. The third-order valence-electron chi connectivity index (χ3n) is 5.60. The van der Waals surface area contributed by atoms with Crippen molar-refractivity contribution in [3.8, 4) is 17.6 Å². The van der Waals surface area contributed by atoms with Gasteiger partial charge in [-0.05, 0) is 68.1 Å². The monoisotopic (exact) mass is 428 g/mol. The van der Waals surface area contributed by atoms with E-state index in [2.05, 4.69) is 47.7 Å². The van der Waals surface area contributed by atoms with Crippen molar-refractivity contribution in [1.82, 2.24) is 10.2 Å². The Morgan fingerprint density at radius 2 is 2.20 bits per heavy atom. The molecule has 1 aromatic rings.